The van der Waals surface area contributed by atoms with E-state index in [0.29, 0.717) is 32.7 Å². The average Bonchev–Trinajstić information content (AvgIpc) is 2.75. The minimum atomic E-state index is -4.03. The normalized spacial score (nSPS) is 11.1. The van der Waals surface area contributed by atoms with Crippen molar-refractivity contribution in [1.29, 1.82) is 0 Å². The summed E-state index contributed by atoms with van der Waals surface area (Å²) in [5, 5.41) is 3.39. The number of anilines is 2. The van der Waals surface area contributed by atoms with Gasteiger partial charge < -0.3 is 10.1 Å². The first-order valence-corrected chi connectivity index (χ1v) is 11.4. The highest BCUT2D eigenvalue weighted by atomic mass is 35.5. The van der Waals surface area contributed by atoms with Crippen LogP contribution >= 0.6 is 23.2 Å². The molecule has 9 heteroatoms. The molecule has 0 spiro atoms. The highest BCUT2D eigenvalue weighted by Gasteiger charge is 2.28. The second-order valence-corrected chi connectivity index (χ2v) is 9.28. The van der Waals surface area contributed by atoms with Crippen LogP contribution in [0.1, 0.15) is 5.56 Å². The zero-order chi connectivity index (χ0) is 22.6. The molecular formula is C22H20Cl2N2O4S. The average molecular weight is 479 g/mol. The van der Waals surface area contributed by atoms with Gasteiger partial charge in [-0.25, -0.2) is 8.42 Å². The third kappa shape index (κ3) is 5.12. The number of sulfonamides is 1. The lowest BCUT2D eigenvalue weighted by Gasteiger charge is -2.26. The number of ether oxygens (including phenoxy) is 1. The molecule has 0 aliphatic rings. The highest BCUT2D eigenvalue weighted by molar-refractivity contribution is 7.92. The molecular weight excluding hydrogens is 459 g/mol. The van der Waals surface area contributed by atoms with Crippen LogP contribution in [0.25, 0.3) is 0 Å². The molecule has 3 rings (SSSR count). The van der Waals surface area contributed by atoms with Gasteiger partial charge in [-0.15, -0.1) is 0 Å². The minimum absolute atomic E-state index is 0.0645. The molecule has 31 heavy (non-hydrogen) atoms. The molecule has 3 aromatic rings. The lowest BCUT2D eigenvalue weighted by atomic mass is 10.2. The van der Waals surface area contributed by atoms with Crippen molar-refractivity contribution < 1.29 is 17.9 Å². The van der Waals surface area contributed by atoms with E-state index in [4.69, 9.17) is 27.9 Å². The Balaban J connectivity index is 1.96. The van der Waals surface area contributed by atoms with Crippen molar-refractivity contribution in [2.75, 3.05) is 23.3 Å². The number of halogens is 2. The van der Waals surface area contributed by atoms with E-state index >= 15 is 0 Å². The van der Waals surface area contributed by atoms with Gasteiger partial charge in [-0.05, 0) is 55.0 Å². The van der Waals surface area contributed by atoms with Crippen LogP contribution in [0.3, 0.4) is 0 Å². The maximum Gasteiger partial charge on any atom is 0.264 e. The third-order valence-electron chi connectivity index (χ3n) is 4.56. The van der Waals surface area contributed by atoms with Crippen LogP contribution in [-0.2, 0) is 14.8 Å². The second-order valence-electron chi connectivity index (χ2n) is 6.61. The molecule has 1 N–H and O–H groups in total. The van der Waals surface area contributed by atoms with Crippen molar-refractivity contribution >= 4 is 50.5 Å². The molecule has 6 nitrogen and oxygen atoms in total. The molecule has 1 amide bonds. The molecule has 0 fully saturated rings. The molecule has 0 aliphatic heterocycles. The summed E-state index contributed by atoms with van der Waals surface area (Å²) in [7, 11) is -2.55. The lowest BCUT2D eigenvalue weighted by Crippen LogP contribution is -2.38. The molecule has 0 saturated heterocycles. The molecule has 0 radical (unpaired) electrons. The van der Waals surface area contributed by atoms with E-state index in [-0.39, 0.29) is 4.90 Å². The molecule has 0 heterocycles. The number of amides is 1. The van der Waals surface area contributed by atoms with Gasteiger partial charge in [0.25, 0.3) is 10.0 Å². The van der Waals surface area contributed by atoms with Gasteiger partial charge >= 0.3 is 0 Å². The topological polar surface area (TPSA) is 75.7 Å². The van der Waals surface area contributed by atoms with Gasteiger partial charge in [0.1, 0.15) is 12.3 Å². The molecule has 0 atom stereocenters. The number of rotatable bonds is 7. The number of benzene rings is 3. The largest absolute Gasteiger partial charge is 0.495 e. The van der Waals surface area contributed by atoms with Gasteiger partial charge in [0.15, 0.2) is 0 Å². The van der Waals surface area contributed by atoms with Crippen LogP contribution in [0, 0.1) is 6.92 Å². The number of carbonyl (C=O) groups excluding carboxylic acids is 1. The van der Waals surface area contributed by atoms with Crippen LogP contribution < -0.4 is 14.4 Å². The smallest absolute Gasteiger partial charge is 0.264 e. The molecule has 0 bridgehead atoms. The first-order chi connectivity index (χ1) is 14.7. The van der Waals surface area contributed by atoms with Crippen molar-refractivity contribution in [3.8, 4) is 5.75 Å². The van der Waals surface area contributed by atoms with Crippen LogP contribution in [0.2, 0.25) is 10.0 Å². The zero-order valence-corrected chi connectivity index (χ0v) is 19.1. The van der Waals surface area contributed by atoms with Crippen LogP contribution in [-0.4, -0.2) is 28.0 Å². The standard InChI is InChI=1S/C22H20Cl2N2O4S/c1-15-18(23)9-6-10-20(15)26(31(28,29)17-7-4-3-5-8-17)14-22(27)25-16-11-12-21(30-2)19(24)13-16/h3-13H,14H2,1-2H3,(H,25,27). The Morgan fingerprint density at radius 2 is 1.71 bits per heavy atom. The SMILES string of the molecule is COc1ccc(NC(=O)CN(c2cccc(Cl)c2C)S(=O)(=O)c2ccccc2)cc1Cl. The van der Waals surface area contributed by atoms with Gasteiger partial charge in [-0.3, -0.25) is 9.10 Å². The fourth-order valence-electron chi connectivity index (χ4n) is 2.96. The van der Waals surface area contributed by atoms with Gasteiger partial charge in [-0.1, -0.05) is 47.5 Å². The number of hydrogen-bond acceptors (Lipinski definition) is 4. The Kier molecular flexibility index (Phi) is 7.10. The molecule has 0 unspecified atom stereocenters. The van der Waals surface area contributed by atoms with E-state index in [0.717, 1.165) is 4.31 Å². The molecule has 0 aliphatic carbocycles. The Morgan fingerprint density at radius 3 is 2.35 bits per heavy atom. The van der Waals surface area contributed by atoms with Crippen LogP contribution in [0.5, 0.6) is 5.75 Å². The fraction of sp³-hybridized carbons (Fsp3) is 0.136. The summed E-state index contributed by atoms with van der Waals surface area (Å²) in [6, 6.07) is 17.6. The molecule has 3 aromatic carbocycles. The quantitative estimate of drug-likeness (QED) is 0.509. The van der Waals surface area contributed by atoms with Crippen LogP contribution in [0.15, 0.2) is 71.6 Å². The van der Waals surface area contributed by atoms with Gasteiger partial charge in [-0.2, -0.15) is 0 Å². The highest BCUT2D eigenvalue weighted by Crippen LogP contribution is 2.31. The zero-order valence-electron chi connectivity index (χ0n) is 16.8. The monoisotopic (exact) mass is 478 g/mol. The number of carbonyl (C=O) groups is 1. The summed E-state index contributed by atoms with van der Waals surface area (Å²) in [6.45, 7) is 1.24. The molecule has 162 valence electrons. The van der Waals surface area contributed by atoms with E-state index in [1.165, 1.54) is 25.3 Å². The summed E-state index contributed by atoms with van der Waals surface area (Å²) < 4.78 is 32.9. The van der Waals surface area contributed by atoms with E-state index < -0.39 is 22.5 Å². The van der Waals surface area contributed by atoms with Crippen molar-refractivity contribution in [2.24, 2.45) is 0 Å². The minimum Gasteiger partial charge on any atom is -0.495 e. The molecule has 0 aromatic heterocycles. The second kappa shape index (κ2) is 9.60. The van der Waals surface area contributed by atoms with Crippen molar-refractivity contribution in [3.05, 3.63) is 82.3 Å². The summed E-state index contributed by atoms with van der Waals surface area (Å²) in [5.74, 6) is -0.0809. The predicted molar refractivity (Wildman–Crippen MR) is 124 cm³/mol. The Labute approximate surface area is 191 Å². The van der Waals surface area contributed by atoms with Gasteiger partial charge in [0.05, 0.1) is 22.7 Å². The summed E-state index contributed by atoms with van der Waals surface area (Å²) in [5.41, 5.74) is 1.28. The number of methoxy groups -OCH3 is 1. The third-order valence-corrected chi connectivity index (χ3v) is 7.04. The predicted octanol–water partition coefficient (Wildman–Crippen LogP) is 5.14. The summed E-state index contributed by atoms with van der Waals surface area (Å²) in [6.07, 6.45) is 0. The van der Waals surface area contributed by atoms with Gasteiger partial charge in [0.2, 0.25) is 5.91 Å². The van der Waals surface area contributed by atoms with Crippen molar-refractivity contribution in [1.82, 2.24) is 0 Å². The Hall–Kier alpha value is -2.74. The van der Waals surface area contributed by atoms with E-state index in [1.807, 2.05) is 0 Å². The van der Waals surface area contributed by atoms with Crippen molar-refractivity contribution in [3.63, 3.8) is 0 Å². The maximum atomic E-state index is 13.4. The lowest BCUT2D eigenvalue weighted by molar-refractivity contribution is -0.114. The van der Waals surface area contributed by atoms with E-state index in [2.05, 4.69) is 5.32 Å². The van der Waals surface area contributed by atoms with E-state index in [9.17, 15) is 13.2 Å². The van der Waals surface area contributed by atoms with Crippen molar-refractivity contribution in [2.45, 2.75) is 11.8 Å². The number of nitrogens with zero attached hydrogens (tertiary/aromatic N) is 1. The number of hydrogen-bond donors (Lipinski definition) is 1. The summed E-state index contributed by atoms with van der Waals surface area (Å²) >= 11 is 12.3. The first-order valence-electron chi connectivity index (χ1n) is 9.20. The fourth-order valence-corrected chi connectivity index (χ4v) is 4.89. The van der Waals surface area contributed by atoms with E-state index in [1.54, 1.807) is 55.5 Å². The summed E-state index contributed by atoms with van der Waals surface area (Å²) in [4.78, 5) is 12.9. The maximum absolute atomic E-state index is 13.4. The molecule has 0 saturated carbocycles. The Morgan fingerprint density at radius 1 is 1.00 bits per heavy atom. The Bertz CT molecular complexity index is 1200. The number of nitrogens with one attached hydrogen (secondary N) is 1. The first kappa shape index (κ1) is 22.9. The van der Waals surface area contributed by atoms with Gasteiger partial charge in [0, 0.05) is 10.7 Å². The van der Waals surface area contributed by atoms with Crippen LogP contribution in [0.4, 0.5) is 11.4 Å².